The van der Waals surface area contributed by atoms with E-state index in [1.807, 2.05) is 6.92 Å². The minimum absolute atomic E-state index is 0.0697. The summed E-state index contributed by atoms with van der Waals surface area (Å²) in [7, 11) is 0. The van der Waals surface area contributed by atoms with Crippen LogP contribution in [0.1, 0.15) is 33.6 Å². The molecule has 0 aromatic rings. The lowest BCUT2D eigenvalue weighted by Gasteiger charge is -2.45. The lowest BCUT2D eigenvalue weighted by atomic mass is 9.70. The Kier molecular flexibility index (Phi) is 7.38. The summed E-state index contributed by atoms with van der Waals surface area (Å²) in [6, 6.07) is 0. The Labute approximate surface area is 197 Å². The summed E-state index contributed by atoms with van der Waals surface area (Å²) < 4.78 is 23.2. The zero-order valence-corrected chi connectivity index (χ0v) is 19.5. The van der Waals surface area contributed by atoms with E-state index in [0.29, 0.717) is 12.8 Å². The van der Waals surface area contributed by atoms with Crippen LogP contribution in [0.3, 0.4) is 0 Å². The fourth-order valence-corrected chi connectivity index (χ4v) is 6.24. The molecular weight excluding hydrogens is 456 g/mol. The molecule has 0 spiro atoms. The van der Waals surface area contributed by atoms with E-state index in [4.69, 9.17) is 18.9 Å². The highest BCUT2D eigenvalue weighted by molar-refractivity contribution is 5.15. The Morgan fingerprint density at radius 1 is 0.706 bits per heavy atom. The average Bonchev–Trinajstić information content (AvgIpc) is 3.10. The van der Waals surface area contributed by atoms with Gasteiger partial charge < -0.3 is 59.8 Å². The number of hydrogen-bond donors (Lipinski definition) is 8. The highest BCUT2D eigenvalue weighted by atomic mass is 16.7. The second-order valence-corrected chi connectivity index (χ2v) is 10.9. The maximum absolute atomic E-state index is 10.4. The minimum atomic E-state index is -1.53. The van der Waals surface area contributed by atoms with E-state index >= 15 is 0 Å². The standard InChI is InChI=1S/C22H38O12/c1-21(2)8-4-12(34-20-18(30)16(28)14(26)11(7-24)33-20)22(21,3)5-9(8)31-19-17(29)15(27)13(25)10(6-23)32-19/h8-20,23-30H,4-7H2,1-3H3/t8-,9+,10+,11+,12-,13+,14+,15-,16-,17+,18+,19+,20-,22-/m0/s1. The van der Waals surface area contributed by atoms with Crippen molar-refractivity contribution in [3.63, 3.8) is 0 Å². The molecule has 14 atom stereocenters. The SMILES string of the molecule is CC1(C)[C@H]2C[C@H](O[C@@H]3O[C@H](CO)[C@@H](O)[C@H](O)[C@H]3O)[C@]1(C)C[C@H]2O[C@@H]1O[C@H](CO)[C@@H](O)[C@H](O)[C@H]1O. The Morgan fingerprint density at radius 2 is 1.18 bits per heavy atom. The normalized spacial score (nSPS) is 55.0. The predicted molar refractivity (Wildman–Crippen MR) is 112 cm³/mol. The molecule has 2 bridgehead atoms. The Balaban J connectivity index is 1.46. The van der Waals surface area contributed by atoms with Gasteiger partial charge in [0.1, 0.15) is 48.8 Å². The summed E-state index contributed by atoms with van der Waals surface area (Å²) in [4.78, 5) is 0. The lowest BCUT2D eigenvalue weighted by molar-refractivity contribution is -0.327. The van der Waals surface area contributed by atoms with Crippen molar-refractivity contribution in [1.82, 2.24) is 0 Å². The largest absolute Gasteiger partial charge is 0.394 e. The van der Waals surface area contributed by atoms with Crippen molar-refractivity contribution >= 4 is 0 Å². The first-order valence-electron chi connectivity index (χ1n) is 11.8. The number of fused-ring (bicyclic) bond motifs is 2. The van der Waals surface area contributed by atoms with E-state index in [1.165, 1.54) is 0 Å². The molecule has 4 fully saturated rings. The second-order valence-electron chi connectivity index (χ2n) is 10.9. The molecule has 2 aliphatic heterocycles. The zero-order chi connectivity index (χ0) is 25.2. The molecule has 12 nitrogen and oxygen atoms in total. The Morgan fingerprint density at radius 3 is 1.59 bits per heavy atom. The van der Waals surface area contributed by atoms with Gasteiger partial charge in [0.25, 0.3) is 0 Å². The van der Waals surface area contributed by atoms with Crippen LogP contribution in [0.4, 0.5) is 0 Å². The van der Waals surface area contributed by atoms with Gasteiger partial charge in [-0.1, -0.05) is 20.8 Å². The van der Waals surface area contributed by atoms with Gasteiger partial charge >= 0.3 is 0 Å². The molecule has 2 saturated carbocycles. The third-order valence-corrected chi connectivity index (χ3v) is 8.96. The summed E-state index contributed by atoms with van der Waals surface area (Å²) in [6.07, 6.45) is -13.4. The fourth-order valence-electron chi connectivity index (χ4n) is 6.24. The van der Waals surface area contributed by atoms with E-state index in [0.717, 1.165) is 0 Å². The van der Waals surface area contributed by atoms with E-state index in [9.17, 15) is 40.9 Å². The first-order valence-corrected chi connectivity index (χ1v) is 11.8. The second kappa shape index (κ2) is 9.43. The molecule has 0 aromatic carbocycles. The molecule has 0 radical (unpaired) electrons. The van der Waals surface area contributed by atoms with Gasteiger partial charge in [0, 0.05) is 5.41 Å². The van der Waals surface area contributed by atoms with Crippen LogP contribution in [-0.4, -0.2) is 128 Å². The lowest BCUT2D eigenvalue weighted by Crippen LogP contribution is -2.60. The zero-order valence-electron chi connectivity index (χ0n) is 19.5. The monoisotopic (exact) mass is 494 g/mol. The van der Waals surface area contributed by atoms with Crippen molar-refractivity contribution in [3.8, 4) is 0 Å². The maximum atomic E-state index is 10.4. The van der Waals surface area contributed by atoms with Crippen molar-refractivity contribution in [3.05, 3.63) is 0 Å². The molecule has 8 N–H and O–H groups in total. The topological polar surface area (TPSA) is 199 Å². The van der Waals surface area contributed by atoms with Crippen LogP contribution >= 0.6 is 0 Å². The van der Waals surface area contributed by atoms with Gasteiger partial charge in [-0.05, 0) is 24.2 Å². The third kappa shape index (κ3) is 4.01. The van der Waals surface area contributed by atoms with Crippen molar-refractivity contribution in [2.75, 3.05) is 13.2 Å². The summed E-state index contributed by atoms with van der Waals surface area (Å²) >= 11 is 0. The van der Waals surface area contributed by atoms with Crippen molar-refractivity contribution in [1.29, 1.82) is 0 Å². The van der Waals surface area contributed by atoms with Crippen LogP contribution in [-0.2, 0) is 18.9 Å². The molecule has 0 aromatic heterocycles. The van der Waals surface area contributed by atoms with Crippen molar-refractivity contribution in [2.24, 2.45) is 16.7 Å². The fraction of sp³-hybridized carbons (Fsp3) is 1.00. The van der Waals surface area contributed by atoms with Crippen LogP contribution < -0.4 is 0 Å². The Bertz CT molecular complexity index is 718. The van der Waals surface area contributed by atoms with Gasteiger partial charge in [-0.15, -0.1) is 0 Å². The average molecular weight is 495 g/mol. The van der Waals surface area contributed by atoms with E-state index in [1.54, 1.807) is 0 Å². The number of hydrogen-bond acceptors (Lipinski definition) is 12. The van der Waals surface area contributed by atoms with Gasteiger partial charge in [-0.2, -0.15) is 0 Å². The minimum Gasteiger partial charge on any atom is -0.394 e. The first-order chi connectivity index (χ1) is 15.9. The van der Waals surface area contributed by atoms with Crippen LogP contribution in [0.2, 0.25) is 0 Å². The molecule has 34 heavy (non-hydrogen) atoms. The van der Waals surface area contributed by atoms with Crippen LogP contribution in [0.25, 0.3) is 0 Å². The van der Waals surface area contributed by atoms with Crippen LogP contribution in [0.5, 0.6) is 0 Å². The van der Waals surface area contributed by atoms with Crippen molar-refractivity contribution in [2.45, 2.75) is 107 Å². The molecule has 0 unspecified atom stereocenters. The molecule has 4 rings (SSSR count). The summed E-state index contributed by atoms with van der Waals surface area (Å²) in [5.74, 6) is -0.0697. The Hall–Kier alpha value is -0.480. The molecule has 198 valence electrons. The summed E-state index contributed by atoms with van der Waals surface area (Å²) in [6.45, 7) is 5.04. The maximum Gasteiger partial charge on any atom is 0.186 e. The van der Waals surface area contributed by atoms with Crippen LogP contribution in [0.15, 0.2) is 0 Å². The van der Waals surface area contributed by atoms with Crippen LogP contribution in [0, 0.1) is 16.7 Å². The van der Waals surface area contributed by atoms with Gasteiger partial charge in [0.05, 0.1) is 25.4 Å². The van der Waals surface area contributed by atoms with Gasteiger partial charge in [0.2, 0.25) is 0 Å². The molecule has 2 heterocycles. The number of aliphatic hydroxyl groups excluding tert-OH is 8. The molecule has 2 aliphatic carbocycles. The van der Waals surface area contributed by atoms with Gasteiger partial charge in [-0.3, -0.25) is 0 Å². The van der Waals surface area contributed by atoms with E-state index < -0.39 is 86.1 Å². The molecule has 12 heteroatoms. The van der Waals surface area contributed by atoms with Gasteiger partial charge in [0.15, 0.2) is 12.6 Å². The van der Waals surface area contributed by atoms with E-state index in [-0.39, 0.29) is 17.4 Å². The third-order valence-electron chi connectivity index (χ3n) is 8.96. The molecule has 4 aliphatic rings. The predicted octanol–water partition coefficient (Wildman–Crippen LogP) is -3.19. The number of ether oxygens (including phenoxy) is 4. The van der Waals surface area contributed by atoms with E-state index in [2.05, 4.69) is 13.8 Å². The smallest absolute Gasteiger partial charge is 0.186 e. The number of rotatable bonds is 6. The quantitative estimate of drug-likeness (QED) is 0.184. The summed E-state index contributed by atoms with van der Waals surface area (Å²) in [5, 5.41) is 79.8. The highest BCUT2D eigenvalue weighted by Crippen LogP contribution is 2.67. The molecular formula is C22H38O12. The van der Waals surface area contributed by atoms with Crippen molar-refractivity contribution < 1.29 is 59.8 Å². The molecule has 2 saturated heterocycles. The molecule has 0 amide bonds. The number of aliphatic hydroxyl groups is 8. The van der Waals surface area contributed by atoms with Gasteiger partial charge in [-0.25, -0.2) is 0 Å². The highest BCUT2D eigenvalue weighted by Gasteiger charge is 2.67. The first kappa shape index (κ1) is 26.6. The summed E-state index contributed by atoms with van der Waals surface area (Å²) in [5.41, 5.74) is -0.792.